The maximum atomic E-state index is 10.3. The zero-order valence-corrected chi connectivity index (χ0v) is 14.1. The first-order chi connectivity index (χ1) is 11.1. The summed E-state index contributed by atoms with van der Waals surface area (Å²) in [4.78, 5) is 26.8. The number of aldehydes is 1. The van der Waals surface area contributed by atoms with E-state index >= 15 is 0 Å². The average molecular weight is 374 g/mol. The Labute approximate surface area is 140 Å². The molecule has 0 amide bonds. The van der Waals surface area contributed by atoms with Crippen molar-refractivity contribution in [1.29, 1.82) is 0 Å². The van der Waals surface area contributed by atoms with Crippen LogP contribution >= 0.6 is 7.82 Å². The Bertz CT molecular complexity index is 381. The highest BCUT2D eigenvalue weighted by Gasteiger charge is 2.29. The molecule has 11 heteroatoms. The summed E-state index contributed by atoms with van der Waals surface area (Å²) in [6, 6.07) is 0. The largest absolute Gasteiger partial charge is 0.469 e. The molecule has 0 aromatic heterocycles. The van der Waals surface area contributed by atoms with Gasteiger partial charge in [-0.15, -0.1) is 0 Å². The van der Waals surface area contributed by atoms with Crippen molar-refractivity contribution in [3.8, 4) is 0 Å². The summed E-state index contributed by atoms with van der Waals surface area (Å²) in [6.45, 7) is -0.548. The third kappa shape index (κ3) is 10.4. The van der Waals surface area contributed by atoms with Crippen molar-refractivity contribution in [2.24, 2.45) is 5.92 Å². The lowest BCUT2D eigenvalue weighted by Gasteiger charge is -2.22. The maximum Gasteiger partial charge on any atom is 0.469 e. The zero-order chi connectivity index (χ0) is 18.8. The minimum absolute atomic E-state index is 0.0258. The van der Waals surface area contributed by atoms with E-state index in [2.05, 4.69) is 4.52 Å². The lowest BCUT2D eigenvalue weighted by Crippen LogP contribution is -2.46. The number of rotatable bonds is 8. The summed E-state index contributed by atoms with van der Waals surface area (Å²) < 4.78 is 14.8. The number of aliphatic hydroxyl groups excluding tert-OH is 5. The SMILES string of the molecule is O=C[C@@H](O)[C@@H](O)[C@H](O)[C@H](O)CO.O=P(O)(O)OCC1CCCCC1. The monoisotopic (exact) mass is 374 g/mol. The number of phosphoric ester groups is 1. The Morgan fingerprint density at radius 1 is 1.04 bits per heavy atom. The van der Waals surface area contributed by atoms with Gasteiger partial charge in [0.1, 0.15) is 24.4 Å². The topological polar surface area (TPSA) is 185 Å². The molecule has 0 heterocycles. The summed E-state index contributed by atoms with van der Waals surface area (Å²) in [5, 5.41) is 43.5. The number of hydrogen-bond donors (Lipinski definition) is 7. The number of aliphatic hydroxyl groups is 5. The molecule has 0 aromatic carbocycles. The number of hydrogen-bond acceptors (Lipinski definition) is 8. The van der Waals surface area contributed by atoms with Crippen LogP contribution in [-0.4, -0.2) is 79.2 Å². The first kappa shape index (κ1) is 23.6. The molecule has 0 aromatic rings. The fourth-order valence-electron chi connectivity index (χ4n) is 2.17. The highest BCUT2D eigenvalue weighted by atomic mass is 31.2. The maximum absolute atomic E-state index is 10.3. The van der Waals surface area contributed by atoms with E-state index in [1.54, 1.807) is 0 Å². The normalized spacial score (nSPS) is 21.1. The molecule has 0 spiro atoms. The molecule has 1 rings (SSSR count). The van der Waals surface area contributed by atoms with E-state index in [1.165, 1.54) is 6.42 Å². The minimum Gasteiger partial charge on any atom is -0.394 e. The standard InChI is InChI=1S/C7H15O4P.C6H12O6/c8-12(9,10)11-6-7-4-2-1-3-5-7;7-1-3(9)5(11)6(12)4(10)2-8/h7H,1-6H2,(H2,8,9,10);1,3-6,8-12H,2H2/t;3-,4-,5-,6-/m.1/s1. The van der Waals surface area contributed by atoms with E-state index in [9.17, 15) is 9.36 Å². The molecule has 0 bridgehead atoms. The highest BCUT2D eigenvalue weighted by molar-refractivity contribution is 7.46. The van der Waals surface area contributed by atoms with E-state index in [-0.39, 0.29) is 12.9 Å². The lowest BCUT2D eigenvalue weighted by atomic mass is 9.90. The van der Waals surface area contributed by atoms with E-state index in [0.717, 1.165) is 25.7 Å². The van der Waals surface area contributed by atoms with Crippen molar-refractivity contribution in [2.75, 3.05) is 13.2 Å². The van der Waals surface area contributed by atoms with Gasteiger partial charge in [-0.3, -0.25) is 4.52 Å². The van der Waals surface area contributed by atoms with Crippen molar-refractivity contribution in [3.63, 3.8) is 0 Å². The Morgan fingerprint density at radius 3 is 2.00 bits per heavy atom. The van der Waals surface area contributed by atoms with E-state index in [4.69, 9.17) is 35.3 Å². The molecule has 144 valence electrons. The van der Waals surface area contributed by atoms with Gasteiger partial charge in [-0.05, 0) is 18.8 Å². The van der Waals surface area contributed by atoms with Gasteiger partial charge in [0.05, 0.1) is 13.2 Å². The van der Waals surface area contributed by atoms with Crippen molar-refractivity contribution < 1.29 is 49.2 Å². The second-order valence-corrected chi connectivity index (χ2v) is 6.89. The fraction of sp³-hybridized carbons (Fsp3) is 0.923. The van der Waals surface area contributed by atoms with Crippen LogP contribution in [0.1, 0.15) is 32.1 Å². The molecule has 0 saturated heterocycles. The van der Waals surface area contributed by atoms with Gasteiger partial charge in [-0.2, -0.15) is 0 Å². The predicted molar refractivity (Wildman–Crippen MR) is 81.7 cm³/mol. The molecular formula is C13H27O10P. The summed E-state index contributed by atoms with van der Waals surface area (Å²) in [5.74, 6) is 0.353. The van der Waals surface area contributed by atoms with E-state index in [1.807, 2.05) is 0 Å². The highest BCUT2D eigenvalue weighted by Crippen LogP contribution is 2.37. The molecule has 1 aliphatic carbocycles. The van der Waals surface area contributed by atoms with E-state index in [0.29, 0.717) is 5.92 Å². The number of carbonyl (C=O) groups is 1. The second kappa shape index (κ2) is 12.0. The molecular weight excluding hydrogens is 347 g/mol. The van der Waals surface area contributed by atoms with Crippen LogP contribution in [0.5, 0.6) is 0 Å². The number of carbonyl (C=O) groups excluding carboxylic acids is 1. The zero-order valence-electron chi connectivity index (χ0n) is 13.2. The van der Waals surface area contributed by atoms with Crippen LogP contribution in [0, 0.1) is 5.92 Å². The van der Waals surface area contributed by atoms with Gasteiger partial charge in [0.25, 0.3) is 0 Å². The first-order valence-corrected chi connectivity index (χ1v) is 9.14. The van der Waals surface area contributed by atoms with Crippen LogP contribution < -0.4 is 0 Å². The van der Waals surface area contributed by atoms with Crippen LogP contribution in [0.4, 0.5) is 0 Å². The molecule has 0 unspecified atom stereocenters. The lowest BCUT2D eigenvalue weighted by molar-refractivity contribution is -0.136. The van der Waals surface area contributed by atoms with Gasteiger partial charge in [0, 0.05) is 0 Å². The summed E-state index contributed by atoms with van der Waals surface area (Å²) in [7, 11) is -4.23. The van der Waals surface area contributed by atoms with Crippen LogP contribution in [0.2, 0.25) is 0 Å². The summed E-state index contributed by atoms with van der Waals surface area (Å²) in [6.07, 6.45) is -1.19. The molecule has 0 radical (unpaired) electrons. The predicted octanol–water partition coefficient (Wildman–Crippen LogP) is -1.70. The molecule has 7 N–H and O–H groups in total. The van der Waals surface area contributed by atoms with Crippen molar-refractivity contribution >= 4 is 14.1 Å². The van der Waals surface area contributed by atoms with Crippen molar-refractivity contribution in [3.05, 3.63) is 0 Å². The summed E-state index contributed by atoms with van der Waals surface area (Å²) in [5.41, 5.74) is 0. The van der Waals surface area contributed by atoms with Gasteiger partial charge in [-0.25, -0.2) is 4.57 Å². The van der Waals surface area contributed by atoms with Crippen LogP contribution in [0.3, 0.4) is 0 Å². The van der Waals surface area contributed by atoms with Gasteiger partial charge in [-0.1, -0.05) is 19.3 Å². The molecule has 1 fully saturated rings. The van der Waals surface area contributed by atoms with Crippen LogP contribution in [0.25, 0.3) is 0 Å². The van der Waals surface area contributed by atoms with Crippen LogP contribution in [-0.2, 0) is 13.9 Å². The molecule has 24 heavy (non-hydrogen) atoms. The fourth-order valence-corrected chi connectivity index (χ4v) is 2.58. The Morgan fingerprint density at radius 2 is 1.58 bits per heavy atom. The number of phosphoric acid groups is 1. The Balaban J connectivity index is 0.000000441. The molecule has 1 aliphatic rings. The third-order valence-electron chi connectivity index (χ3n) is 3.62. The van der Waals surface area contributed by atoms with Gasteiger partial charge < -0.3 is 40.1 Å². The third-order valence-corrected chi connectivity index (χ3v) is 4.11. The van der Waals surface area contributed by atoms with Crippen molar-refractivity contribution in [2.45, 2.75) is 56.5 Å². The smallest absolute Gasteiger partial charge is 0.394 e. The summed E-state index contributed by atoms with van der Waals surface area (Å²) >= 11 is 0. The van der Waals surface area contributed by atoms with Gasteiger partial charge >= 0.3 is 7.82 Å². The molecule has 10 nitrogen and oxygen atoms in total. The van der Waals surface area contributed by atoms with E-state index < -0.39 is 38.8 Å². The van der Waals surface area contributed by atoms with Gasteiger partial charge in [0.2, 0.25) is 0 Å². The Hall–Kier alpha value is -0.420. The van der Waals surface area contributed by atoms with Gasteiger partial charge in [0.15, 0.2) is 6.29 Å². The molecule has 0 aliphatic heterocycles. The molecule has 1 saturated carbocycles. The molecule has 4 atom stereocenters. The second-order valence-electron chi connectivity index (χ2n) is 5.65. The minimum atomic E-state index is -4.23. The van der Waals surface area contributed by atoms with Crippen molar-refractivity contribution in [1.82, 2.24) is 0 Å². The Kier molecular flexibility index (Phi) is 11.8. The first-order valence-electron chi connectivity index (χ1n) is 7.60. The average Bonchev–Trinajstić information content (AvgIpc) is 2.58. The van der Waals surface area contributed by atoms with Crippen LogP contribution in [0.15, 0.2) is 0 Å². The quantitative estimate of drug-likeness (QED) is 0.191.